The summed E-state index contributed by atoms with van der Waals surface area (Å²) >= 11 is 1.79. The van der Waals surface area contributed by atoms with Crippen LogP contribution in [0.25, 0.3) is 33.2 Å². The highest BCUT2D eigenvalue weighted by atomic mass is 32.1. The normalized spacial score (nSPS) is 13.9. The summed E-state index contributed by atoms with van der Waals surface area (Å²) in [6.07, 6.45) is 1.97. The van der Waals surface area contributed by atoms with Crippen molar-refractivity contribution in [2.45, 2.75) is 12.8 Å². The van der Waals surface area contributed by atoms with Crippen molar-refractivity contribution in [1.82, 2.24) is 0 Å². The summed E-state index contributed by atoms with van der Waals surface area (Å²) in [6, 6.07) is 61.9. The summed E-state index contributed by atoms with van der Waals surface area (Å²) < 4.78 is 0. The van der Waals surface area contributed by atoms with Crippen molar-refractivity contribution in [3.63, 3.8) is 0 Å². The van der Waals surface area contributed by atoms with E-state index in [1.807, 2.05) is 18.2 Å². The van der Waals surface area contributed by atoms with Crippen molar-refractivity contribution in [2.24, 2.45) is 4.99 Å². The molecule has 1 unspecified atom stereocenters. The van der Waals surface area contributed by atoms with E-state index < -0.39 is 0 Å². The van der Waals surface area contributed by atoms with Crippen LogP contribution in [0.1, 0.15) is 37.9 Å². The fraction of sp³-hybridized carbons (Fsp3) is 0.0417. The van der Waals surface area contributed by atoms with Gasteiger partial charge in [-0.1, -0.05) is 121 Å². The Morgan fingerprint density at radius 3 is 1.77 bits per heavy atom. The van der Waals surface area contributed by atoms with Crippen LogP contribution in [0.15, 0.2) is 175 Å². The minimum atomic E-state index is -0.0316. The predicted octanol–water partition coefficient (Wildman–Crippen LogP) is 13.2. The minimum absolute atomic E-state index is 0.0316. The van der Waals surface area contributed by atoms with Gasteiger partial charge in [0.2, 0.25) is 0 Å². The molecule has 0 aliphatic carbocycles. The molecule has 1 aliphatic heterocycles. The van der Waals surface area contributed by atoms with Gasteiger partial charge in [0.05, 0.1) is 29.0 Å². The van der Waals surface area contributed by atoms with Crippen molar-refractivity contribution >= 4 is 73.0 Å². The SMILES string of the molecule is Cc1ccc(C2=Nc3c(c4ccccc4c4ccccc34)C2c2ccc(/C(C#N)=C/c3ccc(N(c4ccccc4)c4ccccc4)cc3)cc2)s1. The van der Waals surface area contributed by atoms with Gasteiger partial charge >= 0.3 is 0 Å². The third-order valence-electron chi connectivity index (χ3n) is 9.90. The molecule has 7 aromatic carbocycles. The lowest BCUT2D eigenvalue weighted by atomic mass is 9.83. The van der Waals surface area contributed by atoms with E-state index >= 15 is 0 Å². The Labute approximate surface area is 307 Å². The van der Waals surface area contributed by atoms with Gasteiger partial charge in [-0.25, -0.2) is 4.99 Å². The lowest BCUT2D eigenvalue weighted by molar-refractivity contribution is 1.13. The van der Waals surface area contributed by atoms with E-state index in [9.17, 15) is 5.26 Å². The Hall–Kier alpha value is -6.54. The van der Waals surface area contributed by atoms with Crippen molar-refractivity contribution < 1.29 is 0 Å². The third kappa shape index (κ3) is 5.58. The predicted molar refractivity (Wildman–Crippen MR) is 220 cm³/mol. The Balaban J connectivity index is 1.08. The first-order valence-corrected chi connectivity index (χ1v) is 18.3. The van der Waals surface area contributed by atoms with E-state index in [1.54, 1.807) is 11.3 Å². The van der Waals surface area contributed by atoms with E-state index in [0.29, 0.717) is 5.57 Å². The van der Waals surface area contributed by atoms with Crippen molar-refractivity contribution in [3.05, 3.63) is 202 Å². The van der Waals surface area contributed by atoms with Gasteiger partial charge in [0.15, 0.2) is 0 Å². The number of rotatable bonds is 7. The first-order valence-electron chi connectivity index (χ1n) is 17.5. The number of hydrogen-bond donors (Lipinski definition) is 0. The van der Waals surface area contributed by atoms with Crippen LogP contribution in [0.2, 0.25) is 0 Å². The van der Waals surface area contributed by atoms with Gasteiger partial charge in [-0.2, -0.15) is 5.26 Å². The molecule has 1 atom stereocenters. The molecule has 4 heteroatoms. The highest BCUT2D eigenvalue weighted by Gasteiger charge is 2.34. The molecule has 1 aliphatic rings. The molecule has 0 N–H and O–H groups in total. The van der Waals surface area contributed by atoms with Crippen LogP contribution in [0.4, 0.5) is 22.7 Å². The summed E-state index contributed by atoms with van der Waals surface area (Å²) in [6.45, 7) is 2.15. The molecule has 1 aromatic heterocycles. The highest BCUT2D eigenvalue weighted by Crippen LogP contribution is 2.50. The molecular formula is C48H33N3S. The van der Waals surface area contributed by atoms with Crippen LogP contribution in [0, 0.1) is 18.3 Å². The second kappa shape index (κ2) is 13.3. The Kier molecular flexibility index (Phi) is 8.04. The molecule has 8 aromatic rings. The molecule has 3 nitrogen and oxygen atoms in total. The van der Waals surface area contributed by atoms with Crippen LogP contribution in [-0.4, -0.2) is 5.71 Å². The first kappa shape index (κ1) is 31.4. The second-order valence-electron chi connectivity index (χ2n) is 13.1. The standard InChI is InChI=1S/C48H33N3S/c1-32-20-29-44(52-32)48-45(46-42-18-10-8-16-40(42)41-17-9-11-19-43(41)47(46)50-48)35-25-23-34(24-26-35)36(31-49)30-33-21-27-39(28-22-33)51(37-12-4-2-5-13-37)38-14-6-3-7-15-38/h2-30,45H,1H3/b36-30+. The minimum Gasteiger partial charge on any atom is -0.311 e. The van der Waals surface area contributed by atoms with E-state index in [4.69, 9.17) is 4.99 Å². The van der Waals surface area contributed by atoms with Crippen LogP contribution in [-0.2, 0) is 0 Å². The second-order valence-corrected chi connectivity index (χ2v) is 14.4. The molecule has 0 amide bonds. The fourth-order valence-electron chi connectivity index (χ4n) is 7.50. The number of hydrogen-bond acceptors (Lipinski definition) is 4. The highest BCUT2D eigenvalue weighted by molar-refractivity contribution is 7.14. The van der Waals surface area contributed by atoms with Gasteiger partial charge in [-0.3, -0.25) is 0 Å². The fourth-order valence-corrected chi connectivity index (χ4v) is 8.39. The quantitative estimate of drug-likeness (QED) is 0.0953. The van der Waals surface area contributed by atoms with Gasteiger partial charge in [0, 0.05) is 32.2 Å². The number of aryl methyl sites for hydroxylation is 1. The molecule has 0 saturated heterocycles. The zero-order valence-electron chi connectivity index (χ0n) is 28.6. The zero-order valence-corrected chi connectivity index (χ0v) is 29.4. The van der Waals surface area contributed by atoms with Crippen molar-refractivity contribution in [3.8, 4) is 6.07 Å². The number of allylic oxidation sites excluding steroid dienone is 1. The van der Waals surface area contributed by atoms with E-state index in [0.717, 1.165) is 45.2 Å². The van der Waals surface area contributed by atoms with Gasteiger partial charge in [0.25, 0.3) is 0 Å². The lowest BCUT2D eigenvalue weighted by Gasteiger charge is -2.25. The number of para-hydroxylation sites is 2. The number of fused-ring (bicyclic) bond motifs is 6. The Morgan fingerprint density at radius 1 is 0.615 bits per heavy atom. The molecule has 246 valence electrons. The summed E-state index contributed by atoms with van der Waals surface area (Å²) in [4.78, 5) is 10.1. The monoisotopic (exact) mass is 683 g/mol. The Morgan fingerprint density at radius 2 is 1.17 bits per heavy atom. The van der Waals surface area contributed by atoms with Crippen LogP contribution < -0.4 is 4.90 Å². The van der Waals surface area contributed by atoms with Crippen molar-refractivity contribution in [1.29, 1.82) is 5.26 Å². The number of benzene rings is 7. The van der Waals surface area contributed by atoms with E-state index in [-0.39, 0.29) is 5.92 Å². The average Bonchev–Trinajstić information content (AvgIpc) is 3.83. The molecule has 2 heterocycles. The lowest BCUT2D eigenvalue weighted by Crippen LogP contribution is -2.11. The number of aliphatic imine (C=N–C) groups is 1. The molecular weight excluding hydrogens is 651 g/mol. The van der Waals surface area contributed by atoms with Gasteiger partial charge < -0.3 is 4.90 Å². The molecule has 0 radical (unpaired) electrons. The Bertz CT molecular complexity index is 2640. The summed E-state index contributed by atoms with van der Waals surface area (Å²) in [5, 5.41) is 15.2. The van der Waals surface area contributed by atoms with Gasteiger partial charge in [-0.05, 0) is 99.9 Å². The van der Waals surface area contributed by atoms with Gasteiger partial charge in [0.1, 0.15) is 0 Å². The van der Waals surface area contributed by atoms with Crippen molar-refractivity contribution in [2.75, 3.05) is 4.90 Å². The third-order valence-corrected chi connectivity index (χ3v) is 10.9. The number of anilines is 3. The summed E-state index contributed by atoms with van der Waals surface area (Å²) in [5.41, 5.74) is 10.2. The number of nitrogens with zero attached hydrogens (tertiary/aromatic N) is 3. The summed E-state index contributed by atoms with van der Waals surface area (Å²) in [5.74, 6) is -0.0316. The molecule has 52 heavy (non-hydrogen) atoms. The maximum Gasteiger partial charge on any atom is 0.0998 e. The number of thiophene rings is 1. The number of nitriles is 1. The maximum absolute atomic E-state index is 10.4. The largest absolute Gasteiger partial charge is 0.311 e. The first-order chi connectivity index (χ1) is 25.7. The van der Waals surface area contributed by atoms with E-state index in [1.165, 1.54) is 36.9 Å². The topological polar surface area (TPSA) is 39.4 Å². The summed E-state index contributed by atoms with van der Waals surface area (Å²) in [7, 11) is 0. The average molecular weight is 684 g/mol. The smallest absolute Gasteiger partial charge is 0.0998 e. The molecule has 0 bridgehead atoms. The van der Waals surface area contributed by atoms with E-state index in [2.05, 4.69) is 176 Å². The van der Waals surface area contributed by atoms with Crippen LogP contribution in [0.3, 0.4) is 0 Å². The molecule has 0 fully saturated rings. The van der Waals surface area contributed by atoms with Crippen LogP contribution in [0.5, 0.6) is 0 Å². The van der Waals surface area contributed by atoms with Crippen LogP contribution >= 0.6 is 11.3 Å². The molecule has 0 spiro atoms. The zero-order chi connectivity index (χ0) is 35.0. The van der Waals surface area contributed by atoms with Gasteiger partial charge in [-0.15, -0.1) is 11.3 Å². The molecule has 9 rings (SSSR count). The molecule has 0 saturated carbocycles. The maximum atomic E-state index is 10.4.